The third-order valence-corrected chi connectivity index (χ3v) is 3.58. The minimum absolute atomic E-state index is 0.210. The van der Waals surface area contributed by atoms with Gasteiger partial charge in [0.05, 0.1) is 12.1 Å². The smallest absolute Gasteiger partial charge is 0.252 e. The van der Waals surface area contributed by atoms with E-state index in [1.165, 1.54) is 17.4 Å². The Balaban J connectivity index is 2.06. The van der Waals surface area contributed by atoms with E-state index in [1.54, 1.807) is 23.8 Å². The van der Waals surface area contributed by atoms with Crippen LogP contribution in [0.4, 0.5) is 8.78 Å². The largest absolute Gasteiger partial charge is 0.386 e. The normalized spacial score (nSPS) is 13.8. The molecule has 1 aromatic carbocycles. The number of carbonyl (C=O) groups is 1. The maximum absolute atomic E-state index is 13.1. The van der Waals surface area contributed by atoms with Gasteiger partial charge in [-0.25, -0.2) is 8.78 Å². The van der Waals surface area contributed by atoms with E-state index in [2.05, 4.69) is 5.32 Å². The molecule has 0 saturated carbocycles. The second kappa shape index (κ2) is 6.11. The quantitative estimate of drug-likeness (QED) is 0.911. The molecule has 2 N–H and O–H groups in total. The number of hydrogen-bond donors (Lipinski definition) is 2. The van der Waals surface area contributed by atoms with Crippen LogP contribution in [-0.2, 0) is 0 Å². The highest BCUT2D eigenvalue weighted by atomic mass is 32.1. The fraction of sp³-hybridized carbons (Fsp3) is 0.214. The lowest BCUT2D eigenvalue weighted by molar-refractivity contribution is 0.0852. The zero-order chi connectivity index (χ0) is 14.7. The van der Waals surface area contributed by atoms with Crippen LogP contribution in [0.2, 0.25) is 0 Å². The van der Waals surface area contributed by atoms with Gasteiger partial charge >= 0.3 is 0 Å². The topological polar surface area (TPSA) is 49.3 Å². The molecule has 1 heterocycles. The molecule has 2 atom stereocenters. The molecule has 0 bridgehead atoms. The van der Waals surface area contributed by atoms with E-state index in [-0.39, 0.29) is 11.5 Å². The van der Waals surface area contributed by atoms with Gasteiger partial charge in [0.25, 0.3) is 5.91 Å². The van der Waals surface area contributed by atoms with Gasteiger partial charge in [-0.15, -0.1) is 0 Å². The summed E-state index contributed by atoms with van der Waals surface area (Å²) in [5, 5.41) is 16.1. The first-order valence-electron chi connectivity index (χ1n) is 5.95. The Morgan fingerprint density at radius 1 is 1.30 bits per heavy atom. The van der Waals surface area contributed by atoms with E-state index in [0.29, 0.717) is 5.56 Å². The third-order valence-electron chi connectivity index (χ3n) is 2.90. The van der Waals surface area contributed by atoms with Crippen LogP contribution in [0.3, 0.4) is 0 Å². The van der Waals surface area contributed by atoms with Crippen molar-refractivity contribution in [1.29, 1.82) is 0 Å². The van der Waals surface area contributed by atoms with Gasteiger partial charge in [-0.2, -0.15) is 11.3 Å². The Morgan fingerprint density at radius 2 is 2.05 bits per heavy atom. The summed E-state index contributed by atoms with van der Waals surface area (Å²) in [4.78, 5) is 11.8. The first-order chi connectivity index (χ1) is 9.49. The first kappa shape index (κ1) is 14.6. The summed E-state index contributed by atoms with van der Waals surface area (Å²) < 4.78 is 26.0. The fourth-order valence-corrected chi connectivity index (χ4v) is 2.38. The minimum Gasteiger partial charge on any atom is -0.386 e. The molecule has 0 fully saturated rings. The predicted octanol–water partition coefficient (Wildman–Crippen LogP) is 2.88. The molecular formula is C14H13F2NO2S. The monoisotopic (exact) mass is 297 g/mol. The van der Waals surface area contributed by atoms with E-state index in [0.717, 1.165) is 12.1 Å². The molecule has 2 rings (SSSR count). The van der Waals surface area contributed by atoms with Crippen LogP contribution in [-0.4, -0.2) is 17.1 Å². The first-order valence-corrected chi connectivity index (χ1v) is 6.89. The van der Waals surface area contributed by atoms with Gasteiger partial charge in [-0.05, 0) is 36.1 Å². The summed E-state index contributed by atoms with van der Waals surface area (Å²) in [6, 6.07) is 4.19. The van der Waals surface area contributed by atoms with E-state index < -0.39 is 23.8 Å². The van der Waals surface area contributed by atoms with E-state index >= 15 is 0 Å². The van der Waals surface area contributed by atoms with E-state index in [1.807, 2.05) is 0 Å². The van der Waals surface area contributed by atoms with Gasteiger partial charge < -0.3 is 10.4 Å². The lowest BCUT2D eigenvalue weighted by atomic mass is 10.0. The number of benzene rings is 1. The average molecular weight is 297 g/mol. The summed E-state index contributed by atoms with van der Waals surface area (Å²) >= 11 is 1.39. The number of carbonyl (C=O) groups excluding carboxylic acids is 1. The fourth-order valence-electron chi connectivity index (χ4n) is 1.75. The van der Waals surface area contributed by atoms with Crippen molar-refractivity contribution in [2.45, 2.75) is 19.1 Å². The van der Waals surface area contributed by atoms with Gasteiger partial charge in [-0.1, -0.05) is 6.07 Å². The van der Waals surface area contributed by atoms with Gasteiger partial charge in [0.2, 0.25) is 0 Å². The van der Waals surface area contributed by atoms with Crippen molar-refractivity contribution in [2.75, 3.05) is 0 Å². The van der Waals surface area contributed by atoms with Crippen molar-refractivity contribution in [3.63, 3.8) is 0 Å². The van der Waals surface area contributed by atoms with Crippen LogP contribution in [0.5, 0.6) is 0 Å². The van der Waals surface area contributed by atoms with Crippen molar-refractivity contribution in [3.8, 4) is 0 Å². The molecule has 0 radical (unpaired) electrons. The number of rotatable bonds is 4. The molecule has 106 valence electrons. The van der Waals surface area contributed by atoms with Crippen LogP contribution in [0, 0.1) is 11.6 Å². The predicted molar refractivity (Wildman–Crippen MR) is 72.6 cm³/mol. The van der Waals surface area contributed by atoms with Crippen LogP contribution in [0.25, 0.3) is 0 Å². The summed E-state index contributed by atoms with van der Waals surface area (Å²) in [6.45, 7) is 1.59. The van der Waals surface area contributed by atoms with Gasteiger partial charge in [0.1, 0.15) is 0 Å². The highest BCUT2D eigenvalue weighted by Crippen LogP contribution is 2.19. The SMILES string of the molecule is CC(NC(=O)c1ccsc1)C(O)c1ccc(F)c(F)c1. The number of nitrogens with one attached hydrogen (secondary N) is 1. The molecule has 6 heteroatoms. The summed E-state index contributed by atoms with van der Waals surface area (Å²) in [5.74, 6) is -2.32. The zero-order valence-corrected chi connectivity index (χ0v) is 11.5. The number of halogens is 2. The molecule has 0 spiro atoms. The summed E-state index contributed by atoms with van der Waals surface area (Å²) in [7, 11) is 0. The Labute approximate surface area is 118 Å². The molecule has 0 aliphatic heterocycles. The van der Waals surface area contributed by atoms with Crippen LogP contribution in [0.1, 0.15) is 28.9 Å². The van der Waals surface area contributed by atoms with Gasteiger partial charge in [-0.3, -0.25) is 4.79 Å². The highest BCUT2D eigenvalue weighted by Gasteiger charge is 2.20. The van der Waals surface area contributed by atoms with Crippen molar-refractivity contribution in [1.82, 2.24) is 5.32 Å². The number of aliphatic hydroxyl groups is 1. The molecule has 2 unspecified atom stereocenters. The summed E-state index contributed by atoms with van der Waals surface area (Å²) in [5.41, 5.74) is 0.710. The number of aliphatic hydroxyl groups excluding tert-OH is 1. The van der Waals surface area contributed by atoms with Crippen LogP contribution in [0.15, 0.2) is 35.0 Å². The molecule has 2 aromatic rings. The highest BCUT2D eigenvalue weighted by molar-refractivity contribution is 7.08. The standard InChI is InChI=1S/C14H13F2NO2S/c1-8(17-14(19)10-4-5-20-7-10)13(18)9-2-3-11(15)12(16)6-9/h2-8,13,18H,1H3,(H,17,19). The van der Waals surface area contributed by atoms with Gasteiger partial charge in [0, 0.05) is 10.9 Å². The Hall–Kier alpha value is -1.79. The lowest BCUT2D eigenvalue weighted by Crippen LogP contribution is -2.36. The number of hydrogen-bond acceptors (Lipinski definition) is 3. The molecular weight excluding hydrogens is 284 g/mol. The van der Waals surface area contributed by atoms with E-state index in [4.69, 9.17) is 0 Å². The van der Waals surface area contributed by atoms with Gasteiger partial charge in [0.15, 0.2) is 11.6 Å². The van der Waals surface area contributed by atoms with Crippen molar-refractivity contribution in [2.24, 2.45) is 0 Å². The van der Waals surface area contributed by atoms with Crippen molar-refractivity contribution < 1.29 is 18.7 Å². The second-order valence-electron chi connectivity index (χ2n) is 4.39. The Kier molecular flexibility index (Phi) is 4.46. The molecule has 3 nitrogen and oxygen atoms in total. The van der Waals surface area contributed by atoms with Crippen LogP contribution < -0.4 is 5.32 Å². The Morgan fingerprint density at radius 3 is 2.65 bits per heavy atom. The average Bonchev–Trinajstić information content (AvgIpc) is 2.95. The molecule has 0 aliphatic rings. The molecule has 1 aromatic heterocycles. The maximum atomic E-state index is 13.1. The number of thiophene rings is 1. The minimum atomic E-state index is -1.12. The molecule has 0 saturated heterocycles. The second-order valence-corrected chi connectivity index (χ2v) is 5.17. The maximum Gasteiger partial charge on any atom is 0.252 e. The molecule has 0 aliphatic carbocycles. The van der Waals surface area contributed by atoms with E-state index in [9.17, 15) is 18.7 Å². The summed E-state index contributed by atoms with van der Waals surface area (Å²) in [6.07, 6.45) is -1.12. The Bertz CT molecular complexity index is 601. The van der Waals surface area contributed by atoms with Crippen molar-refractivity contribution in [3.05, 3.63) is 57.8 Å². The third kappa shape index (κ3) is 3.20. The molecule has 1 amide bonds. The van der Waals surface area contributed by atoms with Crippen LogP contribution >= 0.6 is 11.3 Å². The number of amides is 1. The zero-order valence-electron chi connectivity index (χ0n) is 10.6. The lowest BCUT2D eigenvalue weighted by Gasteiger charge is -2.20. The van der Waals surface area contributed by atoms with Crippen molar-refractivity contribution >= 4 is 17.2 Å². The molecule has 20 heavy (non-hydrogen) atoms.